The Morgan fingerprint density at radius 3 is 2.41 bits per heavy atom. The fourth-order valence-corrected chi connectivity index (χ4v) is 4.23. The van der Waals surface area contributed by atoms with E-state index in [2.05, 4.69) is 5.32 Å². The largest absolute Gasteiger partial charge is 0.497 e. The van der Waals surface area contributed by atoms with Crippen molar-refractivity contribution in [2.75, 3.05) is 26.0 Å². The Balaban J connectivity index is 2.06. The smallest absolute Gasteiger partial charge is 0.417 e. The second-order valence-electron chi connectivity index (χ2n) is 6.81. The number of sulfonamides is 1. The molecule has 0 fully saturated rings. The van der Waals surface area contributed by atoms with E-state index in [1.54, 1.807) is 24.3 Å². The first-order valence-corrected chi connectivity index (χ1v) is 10.7. The first-order valence-electron chi connectivity index (χ1n) is 9.22. The van der Waals surface area contributed by atoms with E-state index in [9.17, 15) is 31.2 Å². The molecular weight excluding hydrogens is 451 g/mol. The van der Waals surface area contributed by atoms with Crippen LogP contribution in [0.2, 0.25) is 0 Å². The third-order valence-electron chi connectivity index (χ3n) is 4.29. The number of hydrogen-bond acceptors (Lipinski definition) is 5. The summed E-state index contributed by atoms with van der Waals surface area (Å²) in [4.78, 5) is 24.7. The molecule has 32 heavy (non-hydrogen) atoms. The molecule has 0 saturated carbocycles. The second-order valence-corrected chi connectivity index (χ2v) is 8.49. The lowest BCUT2D eigenvalue weighted by Crippen LogP contribution is -2.47. The predicted molar refractivity (Wildman–Crippen MR) is 110 cm³/mol. The summed E-state index contributed by atoms with van der Waals surface area (Å²) in [5, 5.41) is 2.56. The molecule has 0 aromatic heterocycles. The Hall–Kier alpha value is -3.12. The number of carbonyl (C=O) groups excluding carboxylic acids is 2. The number of amides is 2. The van der Waals surface area contributed by atoms with Crippen LogP contribution in [0.25, 0.3) is 0 Å². The molecule has 0 unspecified atom stereocenters. The molecular formula is C20H22F3N3O5S. The van der Waals surface area contributed by atoms with Crippen LogP contribution in [0.5, 0.6) is 5.75 Å². The number of halogens is 3. The third kappa shape index (κ3) is 6.44. The molecule has 12 heteroatoms. The van der Waals surface area contributed by atoms with Crippen molar-refractivity contribution in [2.45, 2.75) is 24.0 Å². The fraction of sp³-hybridized carbons (Fsp3) is 0.300. The van der Waals surface area contributed by atoms with Crippen LogP contribution in [0.15, 0.2) is 53.4 Å². The van der Waals surface area contributed by atoms with Crippen molar-refractivity contribution in [2.24, 2.45) is 0 Å². The van der Waals surface area contributed by atoms with Gasteiger partial charge in [0.25, 0.3) is 0 Å². The molecule has 2 amide bonds. The van der Waals surface area contributed by atoms with Crippen LogP contribution >= 0.6 is 0 Å². The maximum Gasteiger partial charge on any atom is 0.417 e. The van der Waals surface area contributed by atoms with Gasteiger partial charge < -0.3 is 15.0 Å². The Morgan fingerprint density at radius 1 is 1.12 bits per heavy atom. The Bertz CT molecular complexity index is 1090. The van der Waals surface area contributed by atoms with Crippen LogP contribution in [-0.2, 0) is 25.8 Å². The highest BCUT2D eigenvalue weighted by Crippen LogP contribution is 2.33. The summed E-state index contributed by atoms with van der Waals surface area (Å²) < 4.78 is 71.4. The molecule has 0 spiro atoms. The first kappa shape index (κ1) is 25.1. The molecule has 0 aliphatic carbocycles. The van der Waals surface area contributed by atoms with E-state index < -0.39 is 51.1 Å². The maximum absolute atomic E-state index is 13.2. The molecule has 2 aromatic carbocycles. The lowest BCUT2D eigenvalue weighted by Gasteiger charge is -2.22. The summed E-state index contributed by atoms with van der Waals surface area (Å²) in [5.41, 5.74) is -0.925. The van der Waals surface area contributed by atoms with Gasteiger partial charge in [0.1, 0.15) is 5.75 Å². The number of hydrogen-bond donors (Lipinski definition) is 2. The quantitative estimate of drug-likeness (QED) is 0.613. The topological polar surface area (TPSA) is 105 Å². The van der Waals surface area contributed by atoms with E-state index in [0.717, 1.165) is 23.1 Å². The molecule has 0 aliphatic rings. The van der Waals surface area contributed by atoms with Crippen molar-refractivity contribution in [3.63, 3.8) is 0 Å². The summed E-state index contributed by atoms with van der Waals surface area (Å²) in [6, 6.07) is 8.72. The number of carbonyl (C=O) groups is 2. The number of nitrogens with one attached hydrogen (secondary N) is 2. The number of likely N-dealkylation sites (N-methyl/N-ethyl adjacent to an activating group) is 1. The lowest BCUT2D eigenvalue weighted by molar-refractivity contribution is -0.139. The molecule has 2 N–H and O–H groups in total. The molecule has 0 bridgehead atoms. The predicted octanol–water partition coefficient (Wildman–Crippen LogP) is 2.48. The highest BCUT2D eigenvalue weighted by molar-refractivity contribution is 7.89. The van der Waals surface area contributed by atoms with E-state index >= 15 is 0 Å². The summed E-state index contributed by atoms with van der Waals surface area (Å²) >= 11 is 0. The fourth-order valence-electron chi connectivity index (χ4n) is 2.81. The van der Waals surface area contributed by atoms with E-state index in [4.69, 9.17) is 4.74 Å². The van der Waals surface area contributed by atoms with Gasteiger partial charge in [-0.2, -0.15) is 17.9 Å². The average molecular weight is 473 g/mol. The van der Waals surface area contributed by atoms with E-state index in [1.807, 2.05) is 4.72 Å². The molecule has 0 radical (unpaired) electrons. The van der Waals surface area contributed by atoms with Gasteiger partial charge in [-0.3, -0.25) is 9.59 Å². The minimum Gasteiger partial charge on any atom is -0.497 e. The van der Waals surface area contributed by atoms with Crippen LogP contribution in [0, 0.1) is 0 Å². The molecule has 1 atom stereocenters. The van der Waals surface area contributed by atoms with Gasteiger partial charge in [-0.05, 0) is 31.2 Å². The second kappa shape index (κ2) is 10.0. The molecule has 8 nitrogen and oxygen atoms in total. The SMILES string of the molecule is COc1cccc(NC(=O)CN(C)C(=O)[C@H](C)NS(=O)(=O)c2ccccc2C(F)(F)F)c1. The minimum absolute atomic E-state index is 0.415. The molecule has 2 rings (SSSR count). The standard InChI is InChI=1S/C20H22F3N3O5S/c1-13(25-32(29,30)17-10-5-4-9-16(17)20(21,22)23)19(28)26(2)12-18(27)24-14-7-6-8-15(11-14)31-3/h4-11,13,25H,12H2,1-3H3,(H,24,27)/t13-/m0/s1. The van der Waals surface area contributed by atoms with E-state index in [0.29, 0.717) is 17.5 Å². The summed E-state index contributed by atoms with van der Waals surface area (Å²) in [6.07, 6.45) is -4.90. The van der Waals surface area contributed by atoms with Gasteiger partial charge in [-0.15, -0.1) is 0 Å². The van der Waals surface area contributed by atoms with Crippen LogP contribution < -0.4 is 14.8 Å². The van der Waals surface area contributed by atoms with Gasteiger partial charge >= 0.3 is 6.18 Å². The normalized spacial score (nSPS) is 12.7. The van der Waals surface area contributed by atoms with Gasteiger partial charge in [-0.25, -0.2) is 8.42 Å². The maximum atomic E-state index is 13.2. The third-order valence-corrected chi connectivity index (χ3v) is 5.89. The van der Waals surface area contributed by atoms with E-state index in [-0.39, 0.29) is 0 Å². The van der Waals surface area contributed by atoms with Crippen molar-refractivity contribution < 1.29 is 35.9 Å². The van der Waals surface area contributed by atoms with Gasteiger partial charge in [-0.1, -0.05) is 18.2 Å². The number of alkyl halides is 3. The minimum atomic E-state index is -4.90. The zero-order valence-corrected chi connectivity index (χ0v) is 18.3. The summed E-state index contributed by atoms with van der Waals surface area (Å²) in [5.74, 6) is -0.861. The number of benzene rings is 2. The van der Waals surface area contributed by atoms with Crippen LogP contribution in [0.3, 0.4) is 0 Å². The zero-order chi connectivity index (χ0) is 24.1. The van der Waals surface area contributed by atoms with Gasteiger partial charge in [0, 0.05) is 18.8 Å². The van der Waals surface area contributed by atoms with Gasteiger partial charge in [0.2, 0.25) is 21.8 Å². The Labute approximate surface area is 183 Å². The molecule has 0 aliphatic heterocycles. The molecule has 0 heterocycles. The summed E-state index contributed by atoms with van der Waals surface area (Å²) in [6.45, 7) is 0.758. The van der Waals surface area contributed by atoms with Crippen molar-refractivity contribution in [1.82, 2.24) is 9.62 Å². The van der Waals surface area contributed by atoms with Gasteiger partial charge in [0.15, 0.2) is 0 Å². The highest BCUT2D eigenvalue weighted by Gasteiger charge is 2.37. The Kier molecular flexibility index (Phi) is 7.86. The Morgan fingerprint density at radius 2 is 1.78 bits per heavy atom. The van der Waals surface area contributed by atoms with Crippen LogP contribution in [0.4, 0.5) is 18.9 Å². The molecule has 2 aromatic rings. The van der Waals surface area contributed by atoms with E-state index in [1.165, 1.54) is 21.1 Å². The zero-order valence-electron chi connectivity index (χ0n) is 17.4. The van der Waals surface area contributed by atoms with Crippen molar-refractivity contribution in [3.05, 3.63) is 54.1 Å². The first-order chi connectivity index (χ1) is 14.8. The number of anilines is 1. The number of methoxy groups -OCH3 is 1. The molecule has 0 saturated heterocycles. The lowest BCUT2D eigenvalue weighted by atomic mass is 10.2. The van der Waals surface area contributed by atoms with Gasteiger partial charge in [0.05, 0.1) is 30.2 Å². The van der Waals surface area contributed by atoms with Crippen LogP contribution in [-0.4, -0.2) is 51.9 Å². The highest BCUT2D eigenvalue weighted by atomic mass is 32.2. The summed E-state index contributed by atoms with van der Waals surface area (Å²) in [7, 11) is -1.94. The monoisotopic (exact) mass is 473 g/mol. The van der Waals surface area contributed by atoms with Crippen LogP contribution in [0.1, 0.15) is 12.5 Å². The molecule has 174 valence electrons. The van der Waals surface area contributed by atoms with Crippen molar-refractivity contribution >= 4 is 27.5 Å². The number of nitrogens with zero attached hydrogens (tertiary/aromatic N) is 1. The average Bonchev–Trinajstić information content (AvgIpc) is 2.72. The number of ether oxygens (including phenoxy) is 1. The van der Waals surface area contributed by atoms with Crippen molar-refractivity contribution in [3.8, 4) is 5.75 Å². The number of rotatable bonds is 8. The van der Waals surface area contributed by atoms with Crippen molar-refractivity contribution in [1.29, 1.82) is 0 Å².